The zero-order valence-electron chi connectivity index (χ0n) is 9.21. The van der Waals surface area contributed by atoms with Crippen molar-refractivity contribution >= 4 is 5.91 Å². The molecular weight excluding hydrogens is 216 g/mol. The summed E-state index contributed by atoms with van der Waals surface area (Å²) in [5, 5.41) is 8.56. The Kier molecular flexibility index (Phi) is 3.47. The predicted octanol–water partition coefficient (Wildman–Crippen LogP) is 1.14. The quantitative estimate of drug-likeness (QED) is 0.471. The SMILES string of the molecule is O=C(NO)c1ccc[n+](Cc2ccccc2)c1. The van der Waals surface area contributed by atoms with Gasteiger partial charge in [-0.15, -0.1) is 0 Å². The summed E-state index contributed by atoms with van der Waals surface area (Å²) in [6.07, 6.45) is 3.57. The van der Waals surface area contributed by atoms with Crippen LogP contribution in [0.5, 0.6) is 0 Å². The molecular formula is C13H13N2O2+. The number of aromatic nitrogens is 1. The van der Waals surface area contributed by atoms with Crippen molar-refractivity contribution in [2.75, 3.05) is 0 Å². The minimum Gasteiger partial charge on any atom is -0.288 e. The Morgan fingerprint density at radius 2 is 1.94 bits per heavy atom. The number of benzene rings is 1. The molecule has 1 amide bonds. The van der Waals surface area contributed by atoms with Crippen LogP contribution in [0.3, 0.4) is 0 Å². The van der Waals surface area contributed by atoms with Gasteiger partial charge in [-0.1, -0.05) is 30.3 Å². The van der Waals surface area contributed by atoms with E-state index in [0.717, 1.165) is 5.56 Å². The number of nitrogens with one attached hydrogen (secondary N) is 1. The lowest BCUT2D eigenvalue weighted by molar-refractivity contribution is -0.688. The molecule has 0 aliphatic rings. The van der Waals surface area contributed by atoms with Crippen molar-refractivity contribution in [1.29, 1.82) is 0 Å². The molecule has 0 aliphatic carbocycles. The molecule has 1 aromatic carbocycles. The minimum absolute atomic E-state index is 0.422. The lowest BCUT2D eigenvalue weighted by Gasteiger charge is -1.99. The highest BCUT2D eigenvalue weighted by atomic mass is 16.5. The molecule has 0 saturated carbocycles. The fourth-order valence-corrected chi connectivity index (χ4v) is 1.61. The molecule has 0 unspecified atom stereocenters. The van der Waals surface area contributed by atoms with E-state index in [2.05, 4.69) is 0 Å². The molecule has 2 rings (SSSR count). The van der Waals surface area contributed by atoms with Crippen molar-refractivity contribution in [3.05, 3.63) is 66.0 Å². The Hall–Kier alpha value is -2.20. The first-order chi connectivity index (χ1) is 8.29. The van der Waals surface area contributed by atoms with Crippen molar-refractivity contribution in [1.82, 2.24) is 5.48 Å². The van der Waals surface area contributed by atoms with Crippen LogP contribution in [0.1, 0.15) is 15.9 Å². The molecule has 1 aromatic heterocycles. The molecule has 17 heavy (non-hydrogen) atoms. The molecule has 86 valence electrons. The van der Waals surface area contributed by atoms with Gasteiger partial charge in [0.25, 0.3) is 5.91 Å². The number of hydrogen-bond donors (Lipinski definition) is 2. The minimum atomic E-state index is -0.507. The maximum Gasteiger partial charge on any atom is 0.280 e. The third-order valence-electron chi connectivity index (χ3n) is 2.43. The summed E-state index contributed by atoms with van der Waals surface area (Å²) < 4.78 is 1.89. The Morgan fingerprint density at radius 1 is 1.18 bits per heavy atom. The monoisotopic (exact) mass is 229 g/mol. The smallest absolute Gasteiger partial charge is 0.280 e. The number of rotatable bonds is 3. The molecule has 4 nitrogen and oxygen atoms in total. The van der Waals surface area contributed by atoms with Crippen LogP contribution < -0.4 is 10.0 Å². The van der Waals surface area contributed by atoms with Crippen LogP contribution in [0, 0.1) is 0 Å². The third kappa shape index (κ3) is 2.89. The van der Waals surface area contributed by atoms with E-state index in [1.807, 2.05) is 41.1 Å². The van der Waals surface area contributed by atoms with E-state index in [0.29, 0.717) is 12.1 Å². The number of pyridine rings is 1. The van der Waals surface area contributed by atoms with Crippen LogP contribution in [0.4, 0.5) is 0 Å². The zero-order valence-corrected chi connectivity index (χ0v) is 9.21. The van der Waals surface area contributed by atoms with Crippen LogP contribution in [0.2, 0.25) is 0 Å². The van der Waals surface area contributed by atoms with Gasteiger partial charge < -0.3 is 0 Å². The Labute approximate surface area is 99.1 Å². The van der Waals surface area contributed by atoms with E-state index in [1.54, 1.807) is 23.8 Å². The van der Waals surface area contributed by atoms with Gasteiger partial charge in [0.1, 0.15) is 5.56 Å². The lowest BCUT2D eigenvalue weighted by Crippen LogP contribution is -2.35. The summed E-state index contributed by atoms with van der Waals surface area (Å²) in [5.74, 6) is -0.507. The first-order valence-corrected chi connectivity index (χ1v) is 5.27. The summed E-state index contributed by atoms with van der Waals surface area (Å²) in [5.41, 5.74) is 3.19. The maximum absolute atomic E-state index is 11.2. The van der Waals surface area contributed by atoms with E-state index in [1.165, 1.54) is 0 Å². The topological polar surface area (TPSA) is 53.2 Å². The number of hydroxylamine groups is 1. The fourth-order valence-electron chi connectivity index (χ4n) is 1.61. The first kappa shape index (κ1) is 11.3. The summed E-state index contributed by atoms with van der Waals surface area (Å²) in [6.45, 7) is 0.688. The molecule has 0 aliphatic heterocycles. The van der Waals surface area contributed by atoms with Gasteiger partial charge in [-0.05, 0) is 6.07 Å². The van der Waals surface area contributed by atoms with E-state index < -0.39 is 5.91 Å². The van der Waals surface area contributed by atoms with Gasteiger partial charge >= 0.3 is 0 Å². The lowest BCUT2D eigenvalue weighted by atomic mass is 10.2. The summed E-state index contributed by atoms with van der Waals surface area (Å²) >= 11 is 0. The van der Waals surface area contributed by atoms with E-state index in [9.17, 15) is 4.79 Å². The van der Waals surface area contributed by atoms with Crippen LogP contribution in [0.15, 0.2) is 54.9 Å². The summed E-state index contributed by atoms with van der Waals surface area (Å²) in [4.78, 5) is 11.2. The average molecular weight is 229 g/mol. The Morgan fingerprint density at radius 3 is 2.65 bits per heavy atom. The predicted molar refractivity (Wildman–Crippen MR) is 61.4 cm³/mol. The summed E-state index contributed by atoms with van der Waals surface area (Å²) in [6, 6.07) is 13.4. The van der Waals surface area contributed by atoms with Crippen molar-refractivity contribution in [3.63, 3.8) is 0 Å². The molecule has 4 heteroatoms. The standard InChI is InChI=1S/C13H12N2O2/c16-13(14-17)12-7-4-8-15(10-12)9-11-5-2-1-3-6-11/h1-8,10H,9H2,(H-,14,16,17)/p+1. The Bertz CT molecular complexity index is 512. The van der Waals surface area contributed by atoms with E-state index in [-0.39, 0.29) is 0 Å². The highest BCUT2D eigenvalue weighted by molar-refractivity contribution is 5.92. The van der Waals surface area contributed by atoms with Gasteiger partial charge in [0.2, 0.25) is 0 Å². The zero-order chi connectivity index (χ0) is 12.1. The van der Waals surface area contributed by atoms with Gasteiger partial charge in [0.05, 0.1) is 0 Å². The van der Waals surface area contributed by atoms with Crippen molar-refractivity contribution in [3.8, 4) is 0 Å². The van der Waals surface area contributed by atoms with Crippen molar-refractivity contribution in [2.24, 2.45) is 0 Å². The van der Waals surface area contributed by atoms with Crippen LogP contribution in [-0.4, -0.2) is 11.1 Å². The highest BCUT2D eigenvalue weighted by Crippen LogP contribution is 1.99. The van der Waals surface area contributed by atoms with Crippen LogP contribution >= 0.6 is 0 Å². The van der Waals surface area contributed by atoms with E-state index >= 15 is 0 Å². The van der Waals surface area contributed by atoms with Gasteiger partial charge in [-0.3, -0.25) is 10.0 Å². The van der Waals surface area contributed by atoms with Gasteiger partial charge in [0.15, 0.2) is 18.9 Å². The molecule has 0 bridgehead atoms. The van der Waals surface area contributed by atoms with E-state index in [4.69, 9.17) is 5.21 Å². The molecule has 0 fully saturated rings. The number of nitrogens with zero attached hydrogens (tertiary/aromatic N) is 1. The summed E-state index contributed by atoms with van der Waals surface area (Å²) in [7, 11) is 0. The number of carbonyl (C=O) groups excluding carboxylic acids is 1. The highest BCUT2D eigenvalue weighted by Gasteiger charge is 2.09. The molecule has 1 heterocycles. The third-order valence-corrected chi connectivity index (χ3v) is 2.43. The van der Waals surface area contributed by atoms with Crippen molar-refractivity contribution in [2.45, 2.75) is 6.54 Å². The number of amides is 1. The van der Waals surface area contributed by atoms with Crippen molar-refractivity contribution < 1.29 is 14.6 Å². The van der Waals surface area contributed by atoms with Gasteiger partial charge in [0, 0.05) is 11.6 Å². The molecule has 0 atom stereocenters. The first-order valence-electron chi connectivity index (χ1n) is 5.27. The van der Waals surface area contributed by atoms with Gasteiger partial charge in [-0.2, -0.15) is 4.57 Å². The fraction of sp³-hybridized carbons (Fsp3) is 0.0769. The largest absolute Gasteiger partial charge is 0.288 e. The second kappa shape index (κ2) is 5.23. The van der Waals surface area contributed by atoms with Gasteiger partial charge in [-0.25, -0.2) is 5.48 Å². The number of hydrogen-bond acceptors (Lipinski definition) is 2. The normalized spacial score (nSPS) is 9.94. The van der Waals surface area contributed by atoms with Crippen LogP contribution in [-0.2, 0) is 6.54 Å². The molecule has 0 spiro atoms. The second-order valence-corrected chi connectivity index (χ2v) is 3.69. The molecule has 2 N–H and O–H groups in total. The molecule has 0 radical (unpaired) electrons. The van der Waals surface area contributed by atoms with Crippen LogP contribution in [0.25, 0.3) is 0 Å². The average Bonchev–Trinajstić information content (AvgIpc) is 2.39. The number of carbonyl (C=O) groups is 1. The second-order valence-electron chi connectivity index (χ2n) is 3.69. The Balaban J connectivity index is 2.20. The molecule has 0 saturated heterocycles. The molecule has 2 aromatic rings. The maximum atomic E-state index is 11.2.